The normalized spacial score (nSPS) is 18.4. The van der Waals surface area contributed by atoms with E-state index in [4.69, 9.17) is 16.6 Å². The Labute approximate surface area is 243 Å². The van der Waals surface area contributed by atoms with Crippen LogP contribution < -0.4 is 4.90 Å². The molecule has 0 saturated heterocycles. The molecule has 0 saturated carbocycles. The lowest BCUT2D eigenvalue weighted by molar-refractivity contribution is 0.187. The number of benzene rings is 2. The standard InChI is InChI=1S/C33H42ClN3.C2H6/c1-7-32(30-11-9-10-12-31(30)34)35-33-22-37(18-17-24(33)5)29-16-14-26-13-15-28(19-27(26)20-29)36(8-2)21-25(6)23(3)4;1-2/h8-13,15,19,21,23,29H,2,7,14,16-18,20,22H2,1,3-6H3;1-2H3/b25-21-,35-32?;. The van der Waals surface area contributed by atoms with Gasteiger partial charge in [0.2, 0.25) is 0 Å². The Balaban J connectivity index is 0.00000205. The quantitative estimate of drug-likeness (QED) is 0.307. The number of rotatable bonds is 8. The number of hydrogen-bond acceptors (Lipinski definition) is 3. The first-order valence-corrected chi connectivity index (χ1v) is 15.1. The number of halogens is 1. The number of allylic oxidation sites excluding steroid dienone is 1. The average molecular weight is 546 g/mol. The summed E-state index contributed by atoms with van der Waals surface area (Å²) in [7, 11) is 0. The van der Waals surface area contributed by atoms with Gasteiger partial charge in [-0.2, -0.15) is 0 Å². The van der Waals surface area contributed by atoms with E-state index in [1.807, 2.05) is 38.2 Å². The molecule has 2 aromatic rings. The summed E-state index contributed by atoms with van der Waals surface area (Å²) < 4.78 is 0. The van der Waals surface area contributed by atoms with E-state index in [-0.39, 0.29) is 0 Å². The van der Waals surface area contributed by atoms with Crippen molar-refractivity contribution in [3.63, 3.8) is 0 Å². The largest absolute Gasteiger partial charge is 0.325 e. The van der Waals surface area contributed by atoms with E-state index in [1.54, 1.807) is 0 Å². The monoisotopic (exact) mass is 545 g/mol. The Bertz CT molecular complexity index is 1220. The first-order valence-electron chi connectivity index (χ1n) is 14.8. The molecule has 0 radical (unpaired) electrons. The fourth-order valence-electron chi connectivity index (χ4n) is 5.29. The number of fused-ring (bicyclic) bond motifs is 1. The molecule has 3 nitrogen and oxygen atoms in total. The van der Waals surface area contributed by atoms with Gasteiger partial charge in [0.1, 0.15) is 0 Å². The molecule has 1 heterocycles. The van der Waals surface area contributed by atoms with E-state index in [9.17, 15) is 0 Å². The number of nitrogens with zero attached hydrogens (tertiary/aromatic N) is 3. The molecule has 1 atom stereocenters. The zero-order chi connectivity index (χ0) is 28.5. The minimum atomic E-state index is 0.517. The summed E-state index contributed by atoms with van der Waals surface area (Å²) in [6.45, 7) is 21.2. The highest BCUT2D eigenvalue weighted by molar-refractivity contribution is 6.34. The SMILES string of the molecule is C=CN(/C=C(/C)C(C)C)c1ccc2c(c1)CC(N1CCC(C)=C(N=C(CC)c3ccccc3Cl)C1)CC2.CC. The van der Waals surface area contributed by atoms with Crippen LogP contribution in [0, 0.1) is 5.92 Å². The summed E-state index contributed by atoms with van der Waals surface area (Å²) in [5.41, 5.74) is 10.3. The van der Waals surface area contributed by atoms with Gasteiger partial charge in [-0.15, -0.1) is 0 Å². The molecular weight excluding hydrogens is 498 g/mol. The Kier molecular flexibility index (Phi) is 11.6. The molecule has 0 spiro atoms. The summed E-state index contributed by atoms with van der Waals surface area (Å²) in [4.78, 5) is 10.0. The van der Waals surface area contributed by atoms with Crippen LogP contribution in [-0.4, -0.2) is 29.7 Å². The molecular formula is C35H48ClN3. The fraction of sp³-hybridized carbons (Fsp3) is 0.457. The molecule has 210 valence electrons. The van der Waals surface area contributed by atoms with Crippen molar-refractivity contribution in [1.29, 1.82) is 0 Å². The molecule has 2 aliphatic rings. The van der Waals surface area contributed by atoms with Crippen LogP contribution in [0.25, 0.3) is 0 Å². The van der Waals surface area contributed by atoms with Crippen molar-refractivity contribution in [2.45, 2.75) is 86.6 Å². The molecule has 0 N–H and O–H groups in total. The van der Waals surface area contributed by atoms with Gasteiger partial charge in [-0.3, -0.25) is 9.89 Å². The first-order chi connectivity index (χ1) is 18.8. The zero-order valence-electron chi connectivity index (χ0n) is 25.2. The van der Waals surface area contributed by atoms with Crippen molar-refractivity contribution >= 4 is 23.0 Å². The van der Waals surface area contributed by atoms with Crippen molar-refractivity contribution < 1.29 is 0 Å². The Morgan fingerprint density at radius 1 is 1.15 bits per heavy atom. The summed E-state index contributed by atoms with van der Waals surface area (Å²) >= 11 is 6.52. The average Bonchev–Trinajstić information content (AvgIpc) is 2.96. The van der Waals surface area contributed by atoms with Gasteiger partial charge in [0.05, 0.1) is 5.70 Å². The Hall–Kier alpha value is -2.62. The predicted molar refractivity (Wildman–Crippen MR) is 172 cm³/mol. The molecule has 0 bridgehead atoms. The molecule has 1 aliphatic heterocycles. The van der Waals surface area contributed by atoms with Crippen LogP contribution in [0.2, 0.25) is 5.02 Å². The third-order valence-electron chi connectivity index (χ3n) is 8.07. The van der Waals surface area contributed by atoms with Crippen LogP contribution >= 0.6 is 11.6 Å². The van der Waals surface area contributed by atoms with E-state index in [0.29, 0.717) is 12.0 Å². The molecule has 0 amide bonds. The number of aliphatic imine (C=N–C) groups is 1. The Morgan fingerprint density at radius 3 is 2.56 bits per heavy atom. The van der Waals surface area contributed by atoms with E-state index in [2.05, 4.69) is 81.5 Å². The zero-order valence-corrected chi connectivity index (χ0v) is 26.0. The van der Waals surface area contributed by atoms with Gasteiger partial charge in [0, 0.05) is 53.5 Å². The second-order valence-electron chi connectivity index (χ2n) is 10.8. The third kappa shape index (κ3) is 7.74. The van der Waals surface area contributed by atoms with Gasteiger partial charge in [-0.25, -0.2) is 0 Å². The smallest absolute Gasteiger partial charge is 0.0537 e. The first kappa shape index (κ1) is 30.9. The lowest BCUT2D eigenvalue weighted by Crippen LogP contribution is -2.43. The summed E-state index contributed by atoms with van der Waals surface area (Å²) in [6, 6.07) is 15.5. The number of hydrogen-bond donors (Lipinski definition) is 0. The summed E-state index contributed by atoms with van der Waals surface area (Å²) in [5.74, 6) is 0.517. The number of anilines is 1. The van der Waals surface area contributed by atoms with Crippen LogP contribution in [0.5, 0.6) is 0 Å². The van der Waals surface area contributed by atoms with Gasteiger partial charge in [-0.05, 0) is 86.8 Å². The predicted octanol–water partition coefficient (Wildman–Crippen LogP) is 9.61. The molecule has 39 heavy (non-hydrogen) atoms. The van der Waals surface area contributed by atoms with Crippen LogP contribution in [0.15, 0.2) is 83.3 Å². The van der Waals surface area contributed by atoms with Gasteiger partial charge >= 0.3 is 0 Å². The highest BCUT2D eigenvalue weighted by Gasteiger charge is 2.28. The van der Waals surface area contributed by atoms with Crippen molar-refractivity contribution in [2.24, 2.45) is 10.9 Å². The second-order valence-corrected chi connectivity index (χ2v) is 11.2. The lowest BCUT2D eigenvalue weighted by Gasteiger charge is -2.38. The maximum absolute atomic E-state index is 6.52. The highest BCUT2D eigenvalue weighted by Crippen LogP contribution is 2.32. The topological polar surface area (TPSA) is 18.8 Å². The van der Waals surface area contributed by atoms with E-state index < -0.39 is 0 Å². The van der Waals surface area contributed by atoms with Crippen molar-refractivity contribution in [1.82, 2.24) is 4.90 Å². The van der Waals surface area contributed by atoms with Crippen LogP contribution in [-0.2, 0) is 12.8 Å². The van der Waals surface area contributed by atoms with Crippen LogP contribution in [0.3, 0.4) is 0 Å². The van der Waals surface area contributed by atoms with Crippen LogP contribution in [0.1, 0.15) is 84.4 Å². The van der Waals surface area contributed by atoms with Gasteiger partial charge in [0.25, 0.3) is 0 Å². The van der Waals surface area contributed by atoms with Crippen molar-refractivity contribution in [3.8, 4) is 0 Å². The number of aryl methyl sites for hydroxylation is 1. The molecule has 0 aromatic heterocycles. The third-order valence-corrected chi connectivity index (χ3v) is 8.40. The molecule has 1 unspecified atom stereocenters. The highest BCUT2D eigenvalue weighted by atomic mass is 35.5. The maximum atomic E-state index is 6.52. The minimum Gasteiger partial charge on any atom is -0.325 e. The van der Waals surface area contributed by atoms with Gasteiger partial charge in [0.15, 0.2) is 0 Å². The Morgan fingerprint density at radius 2 is 1.90 bits per heavy atom. The lowest BCUT2D eigenvalue weighted by atomic mass is 9.86. The molecule has 1 aliphatic carbocycles. The fourth-order valence-corrected chi connectivity index (χ4v) is 5.53. The van der Waals surface area contributed by atoms with Crippen molar-refractivity contribution in [3.05, 3.63) is 100.0 Å². The van der Waals surface area contributed by atoms with Crippen molar-refractivity contribution in [2.75, 3.05) is 18.0 Å². The molecule has 4 heteroatoms. The molecule has 4 rings (SSSR count). The summed E-state index contributed by atoms with van der Waals surface area (Å²) in [5, 5.41) is 0.778. The van der Waals surface area contributed by atoms with E-state index in [0.717, 1.165) is 55.1 Å². The molecule has 0 fully saturated rings. The van der Waals surface area contributed by atoms with E-state index in [1.165, 1.54) is 40.1 Å². The van der Waals surface area contributed by atoms with Gasteiger partial charge < -0.3 is 4.90 Å². The summed E-state index contributed by atoms with van der Waals surface area (Å²) in [6.07, 6.45) is 9.49. The van der Waals surface area contributed by atoms with Gasteiger partial charge in [-0.1, -0.05) is 82.6 Å². The minimum absolute atomic E-state index is 0.517. The molecule has 2 aromatic carbocycles. The maximum Gasteiger partial charge on any atom is 0.0537 e. The second kappa shape index (κ2) is 14.7. The van der Waals surface area contributed by atoms with Crippen LogP contribution in [0.4, 0.5) is 5.69 Å². The van der Waals surface area contributed by atoms with E-state index >= 15 is 0 Å².